The normalized spacial score (nSPS) is 24.6. The van der Waals surface area contributed by atoms with Crippen molar-refractivity contribution in [3.8, 4) is 0 Å². The molecule has 0 aromatic heterocycles. The van der Waals surface area contributed by atoms with Gasteiger partial charge in [0, 0.05) is 25.1 Å². The van der Waals surface area contributed by atoms with E-state index >= 15 is 0 Å². The first-order valence-electron chi connectivity index (χ1n) is 5.93. The number of nitrogens with one attached hydrogen (secondary N) is 1. The molecule has 0 saturated heterocycles. The Morgan fingerprint density at radius 2 is 1.88 bits per heavy atom. The summed E-state index contributed by atoms with van der Waals surface area (Å²) in [5.74, 6) is 0.369. The van der Waals surface area contributed by atoms with Crippen LogP contribution >= 0.6 is 0 Å². The summed E-state index contributed by atoms with van der Waals surface area (Å²) in [4.78, 5) is 0. The van der Waals surface area contributed by atoms with Crippen LogP contribution in [0.4, 0.5) is 0 Å². The van der Waals surface area contributed by atoms with Crippen LogP contribution in [0.2, 0.25) is 0 Å². The number of aliphatic hydroxyl groups excluding tert-OH is 1. The Kier molecular flexibility index (Phi) is 4.14. The first kappa shape index (κ1) is 11.4. The average molecular weight is 217 g/mol. The number of hydrogen-bond donors (Lipinski definition) is 2. The van der Waals surface area contributed by atoms with E-state index in [9.17, 15) is 5.11 Å². The number of hydrogen-bond acceptors (Lipinski definition) is 2. The van der Waals surface area contributed by atoms with E-state index in [-0.39, 0.29) is 6.61 Å². The topological polar surface area (TPSA) is 32.3 Å². The molecule has 2 N–H and O–H groups in total. The van der Waals surface area contributed by atoms with Gasteiger partial charge in [-0.3, -0.25) is 0 Å². The summed E-state index contributed by atoms with van der Waals surface area (Å²) in [6.07, 6.45) is 6.39. The molecule has 0 radical (unpaired) electrons. The Morgan fingerprint density at radius 1 is 1.12 bits per heavy atom. The van der Waals surface area contributed by atoms with E-state index in [0.717, 1.165) is 19.4 Å². The minimum absolute atomic E-state index is 0.275. The van der Waals surface area contributed by atoms with E-state index < -0.39 is 0 Å². The fraction of sp³-hybridized carbons (Fsp3) is 0.429. The van der Waals surface area contributed by atoms with Crippen molar-refractivity contribution < 1.29 is 5.11 Å². The third-order valence-corrected chi connectivity index (χ3v) is 3.21. The largest absolute Gasteiger partial charge is 0.396 e. The minimum Gasteiger partial charge on any atom is -0.396 e. The Labute approximate surface area is 97.0 Å². The maximum Gasteiger partial charge on any atom is 0.0477 e. The van der Waals surface area contributed by atoms with Gasteiger partial charge >= 0.3 is 0 Å². The second-order valence-electron chi connectivity index (χ2n) is 4.36. The highest BCUT2D eigenvalue weighted by atomic mass is 16.3. The molecule has 0 spiro atoms. The van der Waals surface area contributed by atoms with E-state index in [1.807, 2.05) is 6.07 Å². The lowest BCUT2D eigenvalue weighted by molar-refractivity contribution is 0.185. The molecule has 0 heterocycles. The van der Waals surface area contributed by atoms with Crippen LogP contribution in [0.25, 0.3) is 0 Å². The summed E-state index contributed by atoms with van der Waals surface area (Å²) in [6.45, 7) is 1.16. The molecule has 1 aromatic rings. The number of rotatable bonds is 4. The van der Waals surface area contributed by atoms with Gasteiger partial charge in [0.1, 0.15) is 0 Å². The first-order chi connectivity index (χ1) is 7.90. The van der Waals surface area contributed by atoms with Gasteiger partial charge in [-0.2, -0.15) is 0 Å². The SMILES string of the molecule is OCC1CC=CCC1NCc1ccccc1. The zero-order chi connectivity index (χ0) is 11.2. The van der Waals surface area contributed by atoms with Crippen LogP contribution in [0.15, 0.2) is 42.5 Å². The van der Waals surface area contributed by atoms with Gasteiger partial charge in [0.2, 0.25) is 0 Å². The molecule has 2 unspecified atom stereocenters. The molecule has 1 aromatic carbocycles. The third kappa shape index (κ3) is 2.94. The Balaban J connectivity index is 1.87. The molecule has 2 rings (SSSR count). The average Bonchev–Trinajstić information content (AvgIpc) is 2.38. The fourth-order valence-corrected chi connectivity index (χ4v) is 2.17. The molecule has 0 saturated carbocycles. The quantitative estimate of drug-likeness (QED) is 0.757. The lowest BCUT2D eigenvalue weighted by atomic mass is 9.89. The molecule has 1 aliphatic carbocycles. The summed E-state index contributed by atoms with van der Waals surface area (Å²) in [5, 5.41) is 12.8. The standard InChI is InChI=1S/C14H19NO/c16-11-13-8-4-5-9-14(13)15-10-12-6-2-1-3-7-12/h1-7,13-16H,8-11H2. The zero-order valence-electron chi connectivity index (χ0n) is 9.47. The van der Waals surface area contributed by atoms with Crippen LogP contribution in [0, 0.1) is 5.92 Å². The first-order valence-corrected chi connectivity index (χ1v) is 5.93. The molecule has 2 atom stereocenters. The van der Waals surface area contributed by atoms with Crippen molar-refractivity contribution in [3.05, 3.63) is 48.0 Å². The molecule has 16 heavy (non-hydrogen) atoms. The van der Waals surface area contributed by atoms with Gasteiger partial charge in [-0.1, -0.05) is 42.5 Å². The van der Waals surface area contributed by atoms with Gasteiger partial charge in [0.05, 0.1) is 0 Å². The molecule has 0 bridgehead atoms. The van der Waals surface area contributed by atoms with Crippen LogP contribution in [0.1, 0.15) is 18.4 Å². The van der Waals surface area contributed by atoms with Gasteiger partial charge in [-0.05, 0) is 18.4 Å². The van der Waals surface area contributed by atoms with E-state index in [1.54, 1.807) is 0 Å². The van der Waals surface area contributed by atoms with Crippen molar-refractivity contribution in [1.29, 1.82) is 0 Å². The van der Waals surface area contributed by atoms with Crippen molar-refractivity contribution in [2.24, 2.45) is 5.92 Å². The second kappa shape index (κ2) is 5.83. The summed E-state index contributed by atoms with van der Waals surface area (Å²) in [5.41, 5.74) is 1.30. The van der Waals surface area contributed by atoms with E-state index in [1.165, 1.54) is 5.56 Å². The van der Waals surface area contributed by atoms with Crippen LogP contribution in [-0.2, 0) is 6.54 Å². The van der Waals surface area contributed by atoms with Gasteiger partial charge in [0.15, 0.2) is 0 Å². The van der Waals surface area contributed by atoms with E-state index in [2.05, 4.69) is 41.7 Å². The molecule has 2 nitrogen and oxygen atoms in total. The summed E-state index contributed by atoms with van der Waals surface area (Å²) in [7, 11) is 0. The Morgan fingerprint density at radius 3 is 2.62 bits per heavy atom. The molecular formula is C14H19NO. The maximum atomic E-state index is 9.28. The van der Waals surface area contributed by atoms with Crippen LogP contribution < -0.4 is 5.32 Å². The fourth-order valence-electron chi connectivity index (χ4n) is 2.17. The smallest absolute Gasteiger partial charge is 0.0477 e. The minimum atomic E-state index is 0.275. The molecule has 0 aliphatic heterocycles. The lowest BCUT2D eigenvalue weighted by Crippen LogP contribution is -2.38. The number of benzene rings is 1. The van der Waals surface area contributed by atoms with E-state index in [4.69, 9.17) is 0 Å². The number of allylic oxidation sites excluding steroid dienone is 1. The van der Waals surface area contributed by atoms with Crippen LogP contribution in [-0.4, -0.2) is 17.8 Å². The van der Waals surface area contributed by atoms with Crippen LogP contribution in [0.5, 0.6) is 0 Å². The van der Waals surface area contributed by atoms with Crippen molar-refractivity contribution in [2.45, 2.75) is 25.4 Å². The van der Waals surface area contributed by atoms with Gasteiger partial charge in [-0.25, -0.2) is 0 Å². The highest BCUT2D eigenvalue weighted by Crippen LogP contribution is 2.18. The van der Waals surface area contributed by atoms with Gasteiger partial charge in [-0.15, -0.1) is 0 Å². The highest BCUT2D eigenvalue weighted by molar-refractivity contribution is 5.14. The predicted octanol–water partition coefficient (Wildman–Crippen LogP) is 2.10. The molecule has 2 heteroatoms. The second-order valence-corrected chi connectivity index (χ2v) is 4.36. The Bertz CT molecular complexity index is 334. The highest BCUT2D eigenvalue weighted by Gasteiger charge is 2.20. The molecule has 86 valence electrons. The summed E-state index contributed by atoms with van der Waals surface area (Å²) >= 11 is 0. The Hall–Kier alpha value is -1.12. The number of aliphatic hydroxyl groups is 1. The lowest BCUT2D eigenvalue weighted by Gasteiger charge is -2.28. The van der Waals surface area contributed by atoms with Gasteiger partial charge < -0.3 is 10.4 Å². The van der Waals surface area contributed by atoms with Gasteiger partial charge in [0.25, 0.3) is 0 Å². The summed E-state index contributed by atoms with van der Waals surface area (Å²) in [6, 6.07) is 10.8. The molecule has 0 amide bonds. The third-order valence-electron chi connectivity index (χ3n) is 3.21. The van der Waals surface area contributed by atoms with Crippen molar-refractivity contribution in [3.63, 3.8) is 0 Å². The monoisotopic (exact) mass is 217 g/mol. The maximum absolute atomic E-state index is 9.28. The molecular weight excluding hydrogens is 198 g/mol. The summed E-state index contributed by atoms with van der Waals surface area (Å²) < 4.78 is 0. The van der Waals surface area contributed by atoms with Crippen molar-refractivity contribution >= 4 is 0 Å². The van der Waals surface area contributed by atoms with Crippen LogP contribution in [0.3, 0.4) is 0 Å². The van der Waals surface area contributed by atoms with E-state index in [0.29, 0.717) is 12.0 Å². The van der Waals surface area contributed by atoms with Crippen molar-refractivity contribution in [2.75, 3.05) is 6.61 Å². The molecule has 0 fully saturated rings. The molecule has 1 aliphatic rings. The van der Waals surface area contributed by atoms with Crippen molar-refractivity contribution in [1.82, 2.24) is 5.32 Å². The predicted molar refractivity (Wildman–Crippen MR) is 66.0 cm³/mol. The zero-order valence-corrected chi connectivity index (χ0v) is 9.47.